The molecule has 1 aliphatic rings. The van der Waals surface area contributed by atoms with Crippen LogP contribution in [0.15, 0.2) is 54.9 Å². The first-order valence-corrected chi connectivity index (χ1v) is 9.42. The van der Waals surface area contributed by atoms with Gasteiger partial charge in [0.2, 0.25) is 12.7 Å². The quantitative estimate of drug-likeness (QED) is 0.510. The molecule has 9 nitrogen and oxygen atoms in total. The molecule has 5 rings (SSSR count). The van der Waals surface area contributed by atoms with E-state index in [-0.39, 0.29) is 18.4 Å². The molecule has 0 fully saturated rings. The standard InChI is InChI=1S/C20H15ClN6O3/c21-14-4-1-12(2-5-14)9-27-10-22-20(26-27)23-19(28)16-8-15(24-25-16)13-3-6-17-18(7-13)30-11-29-17/h1-8,10H,9,11H2,(H,24,25)(H,23,26,28). The number of fused-ring (bicyclic) bond motifs is 1. The van der Waals surface area contributed by atoms with E-state index in [1.165, 1.54) is 0 Å². The van der Waals surface area contributed by atoms with E-state index in [9.17, 15) is 4.79 Å². The Kier molecular flexibility index (Phi) is 4.56. The number of amides is 1. The van der Waals surface area contributed by atoms with Gasteiger partial charge < -0.3 is 9.47 Å². The maximum absolute atomic E-state index is 12.5. The van der Waals surface area contributed by atoms with Gasteiger partial charge in [-0.3, -0.25) is 15.2 Å². The van der Waals surface area contributed by atoms with E-state index in [2.05, 4.69) is 25.6 Å². The maximum atomic E-state index is 12.5. The Morgan fingerprint density at radius 1 is 1.13 bits per heavy atom. The zero-order valence-corrected chi connectivity index (χ0v) is 16.3. The normalized spacial score (nSPS) is 12.2. The molecule has 0 saturated heterocycles. The summed E-state index contributed by atoms with van der Waals surface area (Å²) in [4.78, 5) is 16.6. The van der Waals surface area contributed by atoms with E-state index in [1.807, 2.05) is 42.5 Å². The monoisotopic (exact) mass is 422 g/mol. The lowest BCUT2D eigenvalue weighted by Crippen LogP contribution is -2.14. The largest absolute Gasteiger partial charge is 0.454 e. The van der Waals surface area contributed by atoms with Gasteiger partial charge in [0.15, 0.2) is 11.5 Å². The smallest absolute Gasteiger partial charge is 0.276 e. The topological polar surface area (TPSA) is 107 Å². The van der Waals surface area contributed by atoms with Gasteiger partial charge >= 0.3 is 0 Å². The molecule has 0 aliphatic carbocycles. The average molecular weight is 423 g/mol. The first-order chi connectivity index (χ1) is 14.6. The third-order valence-corrected chi connectivity index (χ3v) is 4.76. The van der Waals surface area contributed by atoms with E-state index in [1.54, 1.807) is 17.1 Å². The number of aromatic nitrogens is 5. The number of rotatable bonds is 5. The van der Waals surface area contributed by atoms with Crippen LogP contribution in [0.1, 0.15) is 16.1 Å². The van der Waals surface area contributed by atoms with E-state index < -0.39 is 5.91 Å². The summed E-state index contributed by atoms with van der Waals surface area (Å²) in [5.41, 5.74) is 2.72. The molecule has 2 aromatic heterocycles. The van der Waals surface area contributed by atoms with Crippen molar-refractivity contribution in [3.63, 3.8) is 0 Å². The van der Waals surface area contributed by atoms with Gasteiger partial charge in [-0.25, -0.2) is 9.67 Å². The van der Waals surface area contributed by atoms with Crippen LogP contribution in [0.5, 0.6) is 11.5 Å². The van der Waals surface area contributed by atoms with Crippen molar-refractivity contribution in [1.29, 1.82) is 0 Å². The van der Waals surface area contributed by atoms with E-state index >= 15 is 0 Å². The third-order valence-electron chi connectivity index (χ3n) is 4.51. The van der Waals surface area contributed by atoms with Crippen molar-refractivity contribution in [2.24, 2.45) is 0 Å². The molecular formula is C20H15ClN6O3. The Bertz CT molecular complexity index is 1220. The molecule has 0 radical (unpaired) electrons. The fourth-order valence-electron chi connectivity index (χ4n) is 3.02. The zero-order valence-electron chi connectivity index (χ0n) is 15.5. The molecule has 4 aromatic rings. The summed E-state index contributed by atoms with van der Waals surface area (Å²) in [5.74, 6) is 1.15. The molecule has 150 valence electrons. The lowest BCUT2D eigenvalue weighted by atomic mass is 10.1. The summed E-state index contributed by atoms with van der Waals surface area (Å²) >= 11 is 5.90. The Morgan fingerprint density at radius 3 is 2.83 bits per heavy atom. The lowest BCUT2D eigenvalue weighted by molar-refractivity contribution is 0.102. The second kappa shape index (κ2) is 7.53. The minimum Gasteiger partial charge on any atom is -0.454 e. The minimum atomic E-state index is -0.390. The van der Waals surface area contributed by atoms with Crippen molar-refractivity contribution in [3.05, 3.63) is 71.1 Å². The number of ether oxygens (including phenoxy) is 2. The second-order valence-electron chi connectivity index (χ2n) is 6.58. The lowest BCUT2D eigenvalue weighted by Gasteiger charge is -2.01. The Labute approximate surface area is 175 Å². The predicted octanol–water partition coefficient (Wildman–Crippen LogP) is 3.35. The molecule has 2 N–H and O–H groups in total. The minimum absolute atomic E-state index is 0.199. The van der Waals surface area contributed by atoms with Crippen LogP contribution in [-0.2, 0) is 6.54 Å². The fourth-order valence-corrected chi connectivity index (χ4v) is 3.14. The van der Waals surface area contributed by atoms with Gasteiger partial charge in [0.1, 0.15) is 12.0 Å². The van der Waals surface area contributed by atoms with Crippen molar-refractivity contribution in [2.75, 3.05) is 12.1 Å². The summed E-state index contributed by atoms with van der Waals surface area (Å²) < 4.78 is 12.3. The molecule has 0 bridgehead atoms. The van der Waals surface area contributed by atoms with Gasteiger partial charge in [-0.1, -0.05) is 23.7 Å². The van der Waals surface area contributed by atoms with Gasteiger partial charge in [0.05, 0.1) is 12.2 Å². The second-order valence-corrected chi connectivity index (χ2v) is 7.02. The zero-order chi connectivity index (χ0) is 20.5. The molecule has 10 heteroatoms. The number of H-pyrrole nitrogens is 1. The van der Waals surface area contributed by atoms with Crippen LogP contribution in [0.3, 0.4) is 0 Å². The number of carbonyl (C=O) groups excluding carboxylic acids is 1. The SMILES string of the molecule is O=C(Nc1ncn(Cc2ccc(Cl)cc2)n1)c1cc(-c2ccc3c(c2)OCO3)n[nH]1. The molecule has 3 heterocycles. The van der Waals surface area contributed by atoms with Crippen LogP contribution in [-0.4, -0.2) is 37.7 Å². The number of anilines is 1. The third kappa shape index (κ3) is 3.70. The number of hydrogen-bond acceptors (Lipinski definition) is 6. The van der Waals surface area contributed by atoms with E-state index in [0.717, 1.165) is 11.1 Å². The van der Waals surface area contributed by atoms with Gasteiger partial charge in [0.25, 0.3) is 5.91 Å². The highest BCUT2D eigenvalue weighted by Gasteiger charge is 2.17. The van der Waals surface area contributed by atoms with Crippen molar-refractivity contribution >= 4 is 23.5 Å². The highest BCUT2D eigenvalue weighted by molar-refractivity contribution is 6.30. The number of nitrogens with zero attached hydrogens (tertiary/aromatic N) is 4. The van der Waals surface area contributed by atoms with Gasteiger partial charge in [-0.05, 0) is 42.0 Å². The number of carbonyl (C=O) groups is 1. The first-order valence-electron chi connectivity index (χ1n) is 9.05. The molecular weight excluding hydrogens is 408 g/mol. The molecule has 0 atom stereocenters. The Morgan fingerprint density at radius 2 is 1.97 bits per heavy atom. The van der Waals surface area contributed by atoms with Crippen molar-refractivity contribution < 1.29 is 14.3 Å². The molecule has 0 saturated carbocycles. The summed E-state index contributed by atoms with van der Waals surface area (Å²) in [7, 11) is 0. The van der Waals surface area contributed by atoms with Crippen molar-refractivity contribution in [3.8, 4) is 22.8 Å². The van der Waals surface area contributed by atoms with Crippen LogP contribution in [0.4, 0.5) is 5.95 Å². The first kappa shape index (κ1) is 18.2. The van der Waals surface area contributed by atoms with E-state index in [0.29, 0.717) is 28.8 Å². The highest BCUT2D eigenvalue weighted by Crippen LogP contribution is 2.35. The van der Waals surface area contributed by atoms with Crippen molar-refractivity contribution in [2.45, 2.75) is 6.54 Å². The maximum Gasteiger partial charge on any atom is 0.276 e. The van der Waals surface area contributed by atoms with Crippen LogP contribution >= 0.6 is 11.6 Å². The van der Waals surface area contributed by atoms with Gasteiger partial charge in [-0.15, -0.1) is 5.10 Å². The van der Waals surface area contributed by atoms with Gasteiger partial charge in [0, 0.05) is 10.6 Å². The van der Waals surface area contributed by atoms with Crippen LogP contribution in [0, 0.1) is 0 Å². The van der Waals surface area contributed by atoms with Crippen LogP contribution < -0.4 is 14.8 Å². The molecule has 2 aromatic carbocycles. The summed E-state index contributed by atoms with van der Waals surface area (Å²) in [5, 5.41) is 14.5. The number of nitrogens with one attached hydrogen (secondary N) is 2. The highest BCUT2D eigenvalue weighted by atomic mass is 35.5. The predicted molar refractivity (Wildman–Crippen MR) is 109 cm³/mol. The molecule has 1 aliphatic heterocycles. The Hall–Kier alpha value is -3.85. The van der Waals surface area contributed by atoms with Gasteiger partial charge in [-0.2, -0.15) is 5.10 Å². The molecule has 0 spiro atoms. The van der Waals surface area contributed by atoms with Crippen LogP contribution in [0.2, 0.25) is 5.02 Å². The summed E-state index contributed by atoms with van der Waals surface area (Å²) in [6, 6.07) is 14.6. The fraction of sp³-hybridized carbons (Fsp3) is 0.100. The average Bonchev–Trinajstić information content (AvgIpc) is 3.50. The summed E-state index contributed by atoms with van der Waals surface area (Å²) in [6.45, 7) is 0.711. The summed E-state index contributed by atoms with van der Waals surface area (Å²) in [6.07, 6.45) is 1.55. The molecule has 1 amide bonds. The number of aromatic amines is 1. The van der Waals surface area contributed by atoms with Crippen LogP contribution in [0.25, 0.3) is 11.3 Å². The molecule has 30 heavy (non-hydrogen) atoms. The Balaban J connectivity index is 1.26. The van der Waals surface area contributed by atoms with Crippen molar-refractivity contribution in [1.82, 2.24) is 25.0 Å². The number of benzene rings is 2. The number of halogens is 1. The number of hydrogen-bond donors (Lipinski definition) is 2. The van der Waals surface area contributed by atoms with E-state index in [4.69, 9.17) is 21.1 Å². The molecule has 0 unspecified atom stereocenters.